The van der Waals surface area contributed by atoms with Crippen molar-refractivity contribution in [3.63, 3.8) is 0 Å². The fourth-order valence-corrected chi connectivity index (χ4v) is 3.76. The number of fused-ring (bicyclic) bond motifs is 1. The molecule has 2 aromatic carbocycles. The Hall–Kier alpha value is -3.47. The molecule has 1 aliphatic heterocycles. The third-order valence-electron chi connectivity index (χ3n) is 5.32. The SMILES string of the molecule is Cc1cccc(-c2cncc(C(=O)N3CC(C)C(=O)N(C)c4ccccc43)c2)c1. The summed E-state index contributed by atoms with van der Waals surface area (Å²) in [5.74, 6) is -0.460. The van der Waals surface area contributed by atoms with Crippen molar-refractivity contribution in [2.45, 2.75) is 13.8 Å². The molecule has 1 unspecified atom stereocenters. The summed E-state index contributed by atoms with van der Waals surface area (Å²) in [6.07, 6.45) is 3.35. The molecule has 1 aliphatic rings. The third kappa shape index (κ3) is 3.51. The van der Waals surface area contributed by atoms with Crippen LogP contribution in [0.15, 0.2) is 67.0 Å². The maximum absolute atomic E-state index is 13.5. The summed E-state index contributed by atoms with van der Waals surface area (Å²) in [6, 6.07) is 17.5. The van der Waals surface area contributed by atoms with Crippen LogP contribution in [0.1, 0.15) is 22.8 Å². The quantitative estimate of drug-likeness (QED) is 0.660. The summed E-state index contributed by atoms with van der Waals surface area (Å²) >= 11 is 0. The second-order valence-electron chi connectivity index (χ2n) is 7.53. The van der Waals surface area contributed by atoms with Crippen molar-refractivity contribution in [1.29, 1.82) is 0 Å². The summed E-state index contributed by atoms with van der Waals surface area (Å²) in [4.78, 5) is 33.8. The normalized spacial score (nSPS) is 16.4. The lowest BCUT2D eigenvalue weighted by atomic mass is 10.0. The molecule has 0 saturated heterocycles. The number of rotatable bonds is 2. The minimum atomic E-state index is -0.302. The second-order valence-corrected chi connectivity index (χ2v) is 7.53. The molecular formula is C24H23N3O2. The van der Waals surface area contributed by atoms with Crippen molar-refractivity contribution in [3.8, 4) is 11.1 Å². The molecule has 2 amide bonds. The molecule has 5 nitrogen and oxygen atoms in total. The number of carbonyl (C=O) groups is 2. The van der Waals surface area contributed by atoms with Crippen LogP contribution < -0.4 is 9.80 Å². The molecule has 0 fully saturated rings. The van der Waals surface area contributed by atoms with Crippen LogP contribution in [-0.2, 0) is 4.79 Å². The third-order valence-corrected chi connectivity index (χ3v) is 5.32. The lowest BCUT2D eigenvalue weighted by Crippen LogP contribution is -2.37. The number of carbonyl (C=O) groups excluding carboxylic acids is 2. The van der Waals surface area contributed by atoms with Gasteiger partial charge in [0, 0.05) is 31.5 Å². The monoisotopic (exact) mass is 385 g/mol. The van der Waals surface area contributed by atoms with Crippen molar-refractivity contribution in [2.24, 2.45) is 5.92 Å². The summed E-state index contributed by atoms with van der Waals surface area (Å²) in [7, 11) is 1.76. The topological polar surface area (TPSA) is 53.5 Å². The van der Waals surface area contributed by atoms with Gasteiger partial charge in [-0.15, -0.1) is 0 Å². The Bertz CT molecular complexity index is 1090. The van der Waals surface area contributed by atoms with Crippen molar-refractivity contribution in [1.82, 2.24) is 4.98 Å². The smallest absolute Gasteiger partial charge is 0.259 e. The zero-order valence-electron chi connectivity index (χ0n) is 16.8. The number of pyridine rings is 1. The van der Waals surface area contributed by atoms with Crippen molar-refractivity contribution in [2.75, 3.05) is 23.4 Å². The highest BCUT2D eigenvalue weighted by Gasteiger charge is 2.32. The molecule has 1 aromatic heterocycles. The van der Waals surface area contributed by atoms with E-state index in [0.29, 0.717) is 12.1 Å². The number of hydrogen-bond acceptors (Lipinski definition) is 3. The van der Waals surface area contributed by atoms with Crippen LogP contribution in [0.5, 0.6) is 0 Å². The van der Waals surface area contributed by atoms with Crippen molar-refractivity contribution >= 4 is 23.2 Å². The summed E-state index contributed by atoms with van der Waals surface area (Å²) in [5, 5.41) is 0. The Morgan fingerprint density at radius 1 is 1.00 bits per heavy atom. The minimum absolute atomic E-state index is 0.000568. The van der Waals surface area contributed by atoms with Crippen molar-refractivity contribution < 1.29 is 9.59 Å². The summed E-state index contributed by atoms with van der Waals surface area (Å²) in [5.41, 5.74) is 5.03. The highest BCUT2D eigenvalue weighted by molar-refractivity contribution is 6.11. The zero-order chi connectivity index (χ0) is 20.5. The number of nitrogens with zero attached hydrogens (tertiary/aromatic N) is 3. The van der Waals surface area contributed by atoms with Crippen molar-refractivity contribution in [3.05, 3.63) is 78.1 Å². The average Bonchev–Trinajstić information content (AvgIpc) is 2.84. The first-order valence-electron chi connectivity index (χ1n) is 9.66. The van der Waals surface area contributed by atoms with Crippen LogP contribution in [-0.4, -0.2) is 30.4 Å². The molecule has 0 spiro atoms. The average molecular weight is 385 g/mol. The van der Waals surface area contributed by atoms with Crippen LogP contribution in [0.2, 0.25) is 0 Å². The standard InChI is InChI=1S/C24H23N3O2/c1-16-7-6-8-18(11-16)19-12-20(14-25-13-19)24(29)27-15-17(2)23(28)26(3)21-9-4-5-10-22(21)27/h4-14,17H,15H2,1-3H3. The number of hydrogen-bond donors (Lipinski definition) is 0. The first kappa shape index (κ1) is 18.9. The first-order valence-corrected chi connectivity index (χ1v) is 9.66. The zero-order valence-corrected chi connectivity index (χ0v) is 16.8. The Kier molecular flexibility index (Phi) is 4.89. The first-order chi connectivity index (χ1) is 14.0. The summed E-state index contributed by atoms with van der Waals surface area (Å²) in [6.45, 7) is 4.22. The summed E-state index contributed by atoms with van der Waals surface area (Å²) < 4.78 is 0. The van der Waals surface area contributed by atoms with E-state index < -0.39 is 0 Å². The van der Waals surface area contributed by atoms with Gasteiger partial charge in [0.05, 0.1) is 22.9 Å². The fourth-order valence-electron chi connectivity index (χ4n) is 3.76. The molecule has 3 aromatic rings. The molecule has 0 radical (unpaired) electrons. The van der Waals surface area contributed by atoms with Gasteiger partial charge < -0.3 is 9.80 Å². The Labute approximate surface area is 170 Å². The maximum atomic E-state index is 13.5. The molecule has 1 atom stereocenters. The van der Waals surface area contributed by atoms with Crippen LogP contribution >= 0.6 is 0 Å². The van der Waals surface area contributed by atoms with Gasteiger partial charge in [-0.05, 0) is 30.7 Å². The van der Waals surface area contributed by atoms with Gasteiger partial charge in [0.15, 0.2) is 0 Å². The molecule has 0 aliphatic carbocycles. The number of amides is 2. The lowest BCUT2D eigenvalue weighted by Gasteiger charge is -2.24. The number of aryl methyl sites for hydroxylation is 1. The van der Waals surface area contributed by atoms with Crippen LogP contribution in [0.4, 0.5) is 11.4 Å². The van der Waals surface area contributed by atoms with E-state index in [1.807, 2.05) is 62.4 Å². The fraction of sp³-hybridized carbons (Fsp3) is 0.208. The van der Waals surface area contributed by atoms with Crippen LogP contribution in [0.25, 0.3) is 11.1 Å². The van der Waals surface area contributed by atoms with E-state index in [-0.39, 0.29) is 17.7 Å². The molecule has 0 saturated carbocycles. The van der Waals surface area contributed by atoms with E-state index in [1.165, 1.54) is 0 Å². The van der Waals surface area contributed by atoms with E-state index in [9.17, 15) is 9.59 Å². The Balaban J connectivity index is 1.75. The van der Waals surface area contributed by atoms with Crippen LogP contribution in [0.3, 0.4) is 0 Å². The number of para-hydroxylation sites is 2. The van der Waals surface area contributed by atoms with Gasteiger partial charge in [-0.2, -0.15) is 0 Å². The highest BCUT2D eigenvalue weighted by atomic mass is 16.2. The molecule has 0 bridgehead atoms. The van der Waals surface area contributed by atoms with E-state index in [0.717, 1.165) is 28.1 Å². The van der Waals surface area contributed by atoms with E-state index >= 15 is 0 Å². The van der Waals surface area contributed by atoms with Gasteiger partial charge in [-0.3, -0.25) is 14.6 Å². The van der Waals surface area contributed by atoms with Gasteiger partial charge in [0.2, 0.25) is 5.91 Å². The second kappa shape index (κ2) is 7.51. The van der Waals surface area contributed by atoms with Gasteiger partial charge in [0.1, 0.15) is 0 Å². The molecule has 0 N–H and O–H groups in total. The van der Waals surface area contributed by atoms with Crippen LogP contribution in [0, 0.1) is 12.8 Å². The number of aromatic nitrogens is 1. The Morgan fingerprint density at radius 2 is 1.76 bits per heavy atom. The highest BCUT2D eigenvalue weighted by Crippen LogP contribution is 2.34. The molecule has 29 heavy (non-hydrogen) atoms. The molecule has 5 heteroatoms. The molecule has 2 heterocycles. The van der Waals surface area contributed by atoms with Gasteiger partial charge in [-0.1, -0.05) is 48.9 Å². The number of anilines is 2. The van der Waals surface area contributed by atoms with Gasteiger partial charge >= 0.3 is 0 Å². The number of benzene rings is 2. The molecule has 146 valence electrons. The van der Waals surface area contributed by atoms with Gasteiger partial charge in [0.25, 0.3) is 5.91 Å². The predicted octanol–water partition coefficient (Wildman–Crippen LogP) is 4.32. The maximum Gasteiger partial charge on any atom is 0.259 e. The lowest BCUT2D eigenvalue weighted by molar-refractivity contribution is -0.121. The molecule has 4 rings (SSSR count). The van der Waals surface area contributed by atoms with Gasteiger partial charge in [-0.25, -0.2) is 0 Å². The molecular weight excluding hydrogens is 362 g/mol. The van der Waals surface area contributed by atoms with E-state index in [1.54, 1.807) is 29.2 Å². The predicted molar refractivity (Wildman–Crippen MR) is 115 cm³/mol. The largest absolute Gasteiger partial charge is 0.313 e. The minimum Gasteiger partial charge on any atom is -0.313 e. The Morgan fingerprint density at radius 3 is 2.52 bits per heavy atom. The van der Waals surface area contributed by atoms with E-state index in [4.69, 9.17) is 0 Å². The van der Waals surface area contributed by atoms with E-state index in [2.05, 4.69) is 11.1 Å².